The lowest BCUT2D eigenvalue weighted by Crippen LogP contribution is -2.19. The van der Waals surface area contributed by atoms with Crippen LogP contribution in [0.2, 0.25) is 0 Å². The van der Waals surface area contributed by atoms with Gasteiger partial charge in [-0.25, -0.2) is 22.0 Å². The van der Waals surface area contributed by atoms with Gasteiger partial charge in [0.15, 0.2) is 11.6 Å². The van der Waals surface area contributed by atoms with Gasteiger partial charge in [0, 0.05) is 17.3 Å². The maximum Gasteiger partial charge on any atom is 0.341 e. The third kappa shape index (κ3) is 3.90. The Morgan fingerprint density at radius 3 is 2.71 bits per heavy atom. The molecule has 0 amide bonds. The van der Waals surface area contributed by atoms with E-state index in [0.29, 0.717) is 25.2 Å². The topological polar surface area (TPSA) is 69.7 Å². The van der Waals surface area contributed by atoms with Crippen LogP contribution in [0, 0.1) is 11.6 Å². The maximum atomic E-state index is 13.6. The van der Waals surface area contributed by atoms with Gasteiger partial charge in [-0.2, -0.15) is 0 Å². The quantitative estimate of drug-likeness (QED) is 0.621. The molecular weight excluding hydrogens is 330 g/mol. The van der Waals surface area contributed by atoms with E-state index in [0.717, 1.165) is 6.42 Å². The van der Waals surface area contributed by atoms with Crippen LogP contribution in [-0.4, -0.2) is 33.7 Å². The van der Waals surface area contributed by atoms with Crippen LogP contribution in [0.4, 0.5) is 8.78 Å². The van der Waals surface area contributed by atoms with Crippen molar-refractivity contribution in [2.24, 2.45) is 0 Å². The minimum atomic E-state index is -4.30. The van der Waals surface area contributed by atoms with Gasteiger partial charge in [-0.15, -0.1) is 0 Å². The molecule has 2 rings (SSSR count). The average molecular weight is 341 g/mol. The Bertz CT molecular complexity index is 656. The van der Waals surface area contributed by atoms with E-state index in [2.05, 4.69) is 0 Å². The van der Waals surface area contributed by atoms with E-state index in [9.17, 15) is 22.0 Å². The third-order valence-corrected chi connectivity index (χ3v) is 4.26. The molecule has 21 heavy (non-hydrogen) atoms. The van der Waals surface area contributed by atoms with Gasteiger partial charge in [-0.05, 0) is 25.0 Å². The molecule has 1 heterocycles. The Morgan fingerprint density at radius 1 is 1.43 bits per heavy atom. The largest absolute Gasteiger partial charge is 0.459 e. The van der Waals surface area contributed by atoms with Gasteiger partial charge in [-0.3, -0.25) is 0 Å². The van der Waals surface area contributed by atoms with Gasteiger partial charge in [0.2, 0.25) is 0 Å². The maximum absolute atomic E-state index is 13.6. The molecular formula is C12H11ClF2O5S. The lowest BCUT2D eigenvalue weighted by atomic mass is 10.2. The van der Waals surface area contributed by atoms with Crippen LogP contribution in [0.1, 0.15) is 23.2 Å². The molecule has 9 heteroatoms. The Labute approximate surface area is 124 Å². The zero-order valence-electron chi connectivity index (χ0n) is 10.6. The first-order valence-electron chi connectivity index (χ1n) is 6.01. The highest BCUT2D eigenvalue weighted by atomic mass is 35.7. The summed E-state index contributed by atoms with van der Waals surface area (Å²) in [7, 11) is 0.756. The van der Waals surface area contributed by atoms with E-state index in [1.165, 1.54) is 0 Å². The Kier molecular flexibility index (Phi) is 4.80. The first kappa shape index (κ1) is 16.1. The fourth-order valence-electron chi connectivity index (χ4n) is 1.88. The summed E-state index contributed by atoms with van der Waals surface area (Å²) in [4.78, 5) is 11.0. The molecule has 0 radical (unpaired) electrons. The number of benzene rings is 1. The second kappa shape index (κ2) is 6.25. The molecule has 0 N–H and O–H groups in total. The molecule has 1 aliphatic rings. The SMILES string of the molecule is O=C(OCC1CCCO1)c1cc(S(=O)(=O)Cl)cc(F)c1F. The van der Waals surface area contributed by atoms with Crippen molar-refractivity contribution in [1.29, 1.82) is 0 Å². The third-order valence-electron chi connectivity index (χ3n) is 2.93. The monoisotopic (exact) mass is 340 g/mol. The molecule has 0 aliphatic carbocycles. The standard InChI is InChI=1S/C12H11ClF2O5S/c13-21(17,18)8-4-9(11(15)10(14)5-8)12(16)20-6-7-2-1-3-19-7/h4-5,7H,1-3,6H2. The summed E-state index contributed by atoms with van der Waals surface area (Å²) >= 11 is 0. The van der Waals surface area contributed by atoms with E-state index in [4.69, 9.17) is 20.2 Å². The van der Waals surface area contributed by atoms with Crippen molar-refractivity contribution in [3.05, 3.63) is 29.3 Å². The van der Waals surface area contributed by atoms with Crippen LogP contribution in [0.25, 0.3) is 0 Å². The number of carbonyl (C=O) groups is 1. The Hall–Kier alpha value is -1.25. The molecule has 1 atom stereocenters. The van der Waals surface area contributed by atoms with Crippen molar-refractivity contribution in [2.45, 2.75) is 23.8 Å². The molecule has 1 aromatic carbocycles. The van der Waals surface area contributed by atoms with Crippen molar-refractivity contribution in [3.8, 4) is 0 Å². The molecule has 0 spiro atoms. The second-order valence-electron chi connectivity index (χ2n) is 4.44. The molecule has 0 aromatic heterocycles. The number of carbonyl (C=O) groups excluding carboxylic acids is 1. The molecule has 5 nitrogen and oxygen atoms in total. The van der Waals surface area contributed by atoms with Crippen LogP contribution < -0.4 is 0 Å². The summed E-state index contributed by atoms with van der Waals surface area (Å²) < 4.78 is 59.2. The van der Waals surface area contributed by atoms with Gasteiger partial charge in [-0.1, -0.05) is 0 Å². The number of halogens is 3. The fourth-order valence-corrected chi connectivity index (χ4v) is 2.65. The van der Waals surface area contributed by atoms with Gasteiger partial charge in [0.25, 0.3) is 9.05 Å². The minimum Gasteiger partial charge on any atom is -0.459 e. The molecule has 1 unspecified atom stereocenters. The van der Waals surface area contributed by atoms with E-state index in [-0.39, 0.29) is 12.7 Å². The molecule has 1 fully saturated rings. The van der Waals surface area contributed by atoms with Gasteiger partial charge < -0.3 is 9.47 Å². The summed E-state index contributed by atoms with van der Waals surface area (Å²) in [5.74, 6) is -4.17. The molecule has 1 saturated heterocycles. The van der Waals surface area contributed by atoms with E-state index in [1.54, 1.807) is 0 Å². The lowest BCUT2D eigenvalue weighted by molar-refractivity contribution is 0.0156. The minimum absolute atomic E-state index is 0.113. The molecule has 116 valence electrons. The van der Waals surface area contributed by atoms with E-state index < -0.39 is 37.1 Å². The first-order chi connectivity index (χ1) is 9.79. The van der Waals surface area contributed by atoms with Crippen LogP contribution in [0.15, 0.2) is 17.0 Å². The Morgan fingerprint density at radius 2 is 2.14 bits per heavy atom. The zero-order chi connectivity index (χ0) is 15.6. The molecule has 0 saturated carbocycles. The van der Waals surface area contributed by atoms with Crippen molar-refractivity contribution in [1.82, 2.24) is 0 Å². The molecule has 1 aromatic rings. The summed E-state index contributed by atoms with van der Waals surface area (Å²) in [5.41, 5.74) is -0.827. The highest BCUT2D eigenvalue weighted by Crippen LogP contribution is 2.22. The first-order valence-corrected chi connectivity index (χ1v) is 8.32. The van der Waals surface area contributed by atoms with E-state index in [1.807, 2.05) is 0 Å². The van der Waals surface area contributed by atoms with Crippen molar-refractivity contribution >= 4 is 25.7 Å². The van der Waals surface area contributed by atoms with Gasteiger partial charge in [0.05, 0.1) is 16.6 Å². The predicted molar refractivity (Wildman–Crippen MR) is 68.7 cm³/mol. The zero-order valence-corrected chi connectivity index (χ0v) is 12.2. The number of esters is 1. The van der Waals surface area contributed by atoms with Crippen molar-refractivity contribution in [2.75, 3.05) is 13.2 Å². The normalized spacial score (nSPS) is 18.7. The van der Waals surface area contributed by atoms with Gasteiger partial charge >= 0.3 is 5.97 Å². The average Bonchev–Trinajstić information content (AvgIpc) is 2.91. The van der Waals surface area contributed by atoms with Crippen molar-refractivity contribution < 1.29 is 31.5 Å². The smallest absolute Gasteiger partial charge is 0.341 e. The lowest BCUT2D eigenvalue weighted by Gasteiger charge is -2.11. The van der Waals surface area contributed by atoms with Crippen LogP contribution in [0.3, 0.4) is 0 Å². The van der Waals surface area contributed by atoms with Crippen LogP contribution in [0.5, 0.6) is 0 Å². The molecule has 0 bridgehead atoms. The predicted octanol–water partition coefficient (Wildman–Crippen LogP) is 2.23. The summed E-state index contributed by atoms with van der Waals surface area (Å²) in [5, 5.41) is 0. The number of hydrogen-bond acceptors (Lipinski definition) is 5. The highest BCUT2D eigenvalue weighted by molar-refractivity contribution is 8.13. The van der Waals surface area contributed by atoms with Crippen LogP contribution >= 0.6 is 10.7 Å². The summed E-state index contributed by atoms with van der Waals surface area (Å²) in [6.07, 6.45) is 1.23. The second-order valence-corrected chi connectivity index (χ2v) is 7.00. The van der Waals surface area contributed by atoms with E-state index >= 15 is 0 Å². The molecule has 1 aliphatic heterocycles. The summed E-state index contributed by atoms with van der Waals surface area (Å²) in [6.45, 7) is 0.433. The van der Waals surface area contributed by atoms with Crippen molar-refractivity contribution in [3.63, 3.8) is 0 Å². The highest BCUT2D eigenvalue weighted by Gasteiger charge is 2.24. The number of ether oxygens (including phenoxy) is 2. The number of hydrogen-bond donors (Lipinski definition) is 0. The summed E-state index contributed by atoms with van der Waals surface area (Å²) in [6, 6.07) is 1.03. The fraction of sp³-hybridized carbons (Fsp3) is 0.417. The van der Waals surface area contributed by atoms with Gasteiger partial charge in [0.1, 0.15) is 6.61 Å². The van der Waals surface area contributed by atoms with Crippen LogP contribution in [-0.2, 0) is 18.5 Å². The Balaban J connectivity index is 2.21. The number of rotatable bonds is 4.